The Kier molecular flexibility index (Phi) is 3.85. The van der Waals surface area contributed by atoms with Gasteiger partial charge in [0.2, 0.25) is 5.67 Å². The van der Waals surface area contributed by atoms with Crippen molar-refractivity contribution in [3.05, 3.63) is 71.3 Å². The van der Waals surface area contributed by atoms with Crippen LogP contribution in [-0.4, -0.2) is 66.4 Å². The Labute approximate surface area is 173 Å². The van der Waals surface area contributed by atoms with Crippen LogP contribution in [0.15, 0.2) is 70.8 Å². The first-order valence-corrected chi connectivity index (χ1v) is 10.2. The molecule has 0 spiro atoms. The Morgan fingerprint density at radius 2 is 1.83 bits per heavy atom. The SMILES string of the molecule is [2H]c1nc(S(=O)(=O)N2CC3=C(CN(C(=O)[C@](F)(CO)c4ccccc4)C3)C2)c([2H])c([2H])c1[2H]. The highest BCUT2D eigenvalue weighted by molar-refractivity contribution is 7.89. The Morgan fingerprint density at radius 3 is 2.45 bits per heavy atom. The summed E-state index contributed by atoms with van der Waals surface area (Å²) < 4.78 is 73.2. The number of sulfonamides is 1. The lowest BCUT2D eigenvalue weighted by atomic mass is 9.95. The van der Waals surface area contributed by atoms with E-state index in [1.165, 1.54) is 17.0 Å². The maximum Gasteiger partial charge on any atom is 0.267 e. The van der Waals surface area contributed by atoms with Crippen LogP contribution in [0.25, 0.3) is 0 Å². The first kappa shape index (κ1) is 15.3. The summed E-state index contributed by atoms with van der Waals surface area (Å²) in [5.41, 5.74) is -1.40. The molecule has 152 valence electrons. The summed E-state index contributed by atoms with van der Waals surface area (Å²) >= 11 is 0. The Balaban J connectivity index is 1.52. The molecule has 2 aliphatic heterocycles. The lowest BCUT2D eigenvalue weighted by Crippen LogP contribution is -2.47. The Bertz CT molecular complexity index is 1260. The normalized spacial score (nSPS) is 21.2. The number of amides is 1. The van der Waals surface area contributed by atoms with Gasteiger partial charge in [-0.05, 0) is 23.2 Å². The van der Waals surface area contributed by atoms with E-state index in [-0.39, 0.29) is 31.7 Å². The number of halogens is 1. The quantitative estimate of drug-likeness (QED) is 0.730. The first-order chi connectivity index (χ1) is 15.5. The summed E-state index contributed by atoms with van der Waals surface area (Å²) in [6.07, 6.45) is -0.713. The molecule has 29 heavy (non-hydrogen) atoms. The maximum atomic E-state index is 15.5. The molecule has 0 unspecified atom stereocenters. The number of hydrogen-bond acceptors (Lipinski definition) is 5. The number of rotatable bonds is 5. The molecule has 1 N–H and O–H groups in total. The van der Waals surface area contributed by atoms with Crippen molar-refractivity contribution in [2.75, 3.05) is 32.8 Å². The van der Waals surface area contributed by atoms with Crippen LogP contribution >= 0.6 is 0 Å². The minimum Gasteiger partial charge on any atom is -0.392 e. The van der Waals surface area contributed by atoms with Crippen LogP contribution in [-0.2, 0) is 20.5 Å². The lowest BCUT2D eigenvalue weighted by Gasteiger charge is -2.29. The zero-order valence-electron chi connectivity index (χ0n) is 19.2. The van der Waals surface area contributed by atoms with E-state index < -0.39 is 57.5 Å². The topological polar surface area (TPSA) is 90.8 Å². The van der Waals surface area contributed by atoms with E-state index in [1.807, 2.05) is 0 Å². The molecule has 0 aliphatic carbocycles. The van der Waals surface area contributed by atoms with Gasteiger partial charge in [0.1, 0.15) is 0 Å². The molecule has 0 saturated carbocycles. The van der Waals surface area contributed by atoms with Gasteiger partial charge in [0.25, 0.3) is 15.9 Å². The van der Waals surface area contributed by atoms with Crippen molar-refractivity contribution >= 4 is 15.9 Å². The number of nitrogens with zero attached hydrogens (tertiary/aromatic N) is 3. The lowest BCUT2D eigenvalue weighted by molar-refractivity contribution is -0.146. The molecule has 0 saturated heterocycles. The van der Waals surface area contributed by atoms with E-state index in [2.05, 4.69) is 4.98 Å². The van der Waals surface area contributed by atoms with Crippen molar-refractivity contribution < 1.29 is 28.2 Å². The van der Waals surface area contributed by atoms with Crippen LogP contribution in [0.2, 0.25) is 0 Å². The number of aliphatic hydroxyl groups is 1. The average molecular weight is 421 g/mol. The van der Waals surface area contributed by atoms with Crippen LogP contribution in [0.1, 0.15) is 11.0 Å². The Hall–Kier alpha value is -2.62. The van der Waals surface area contributed by atoms with Gasteiger partial charge < -0.3 is 10.0 Å². The molecule has 4 rings (SSSR count). The van der Waals surface area contributed by atoms with Crippen molar-refractivity contribution in [1.82, 2.24) is 14.2 Å². The van der Waals surface area contributed by atoms with Crippen LogP contribution < -0.4 is 0 Å². The minimum absolute atomic E-state index is 0.0150. The van der Waals surface area contributed by atoms with Crippen molar-refractivity contribution in [3.63, 3.8) is 0 Å². The van der Waals surface area contributed by atoms with Crippen LogP contribution in [0, 0.1) is 0 Å². The highest BCUT2D eigenvalue weighted by Crippen LogP contribution is 2.34. The number of carbonyl (C=O) groups excluding carboxylic acids is 1. The summed E-state index contributed by atoms with van der Waals surface area (Å²) in [5, 5.41) is 8.88. The molecule has 7 nitrogen and oxygen atoms in total. The minimum atomic E-state index is -4.33. The van der Waals surface area contributed by atoms with E-state index in [1.54, 1.807) is 18.2 Å². The molecule has 1 atom stereocenters. The smallest absolute Gasteiger partial charge is 0.267 e. The van der Waals surface area contributed by atoms with Gasteiger partial charge in [-0.1, -0.05) is 36.4 Å². The second-order valence-corrected chi connectivity index (χ2v) is 8.72. The number of carbonyl (C=O) groups is 1. The van der Waals surface area contributed by atoms with Gasteiger partial charge in [-0.3, -0.25) is 4.79 Å². The molecule has 0 bridgehead atoms. The highest BCUT2D eigenvalue weighted by atomic mass is 32.2. The Morgan fingerprint density at radius 1 is 1.17 bits per heavy atom. The molecule has 9 heteroatoms. The largest absolute Gasteiger partial charge is 0.392 e. The van der Waals surface area contributed by atoms with Gasteiger partial charge in [-0.2, -0.15) is 4.31 Å². The van der Waals surface area contributed by atoms with Crippen molar-refractivity contribution in [1.29, 1.82) is 0 Å². The summed E-state index contributed by atoms with van der Waals surface area (Å²) in [7, 11) is -4.33. The monoisotopic (exact) mass is 421 g/mol. The van der Waals surface area contributed by atoms with Crippen molar-refractivity contribution in [3.8, 4) is 0 Å². The number of aliphatic hydroxyl groups excluding tert-OH is 1. The molecule has 2 aromatic rings. The van der Waals surface area contributed by atoms with Gasteiger partial charge in [-0.15, -0.1) is 0 Å². The summed E-state index contributed by atoms with van der Waals surface area (Å²) in [6.45, 7) is -1.30. The third-order valence-electron chi connectivity index (χ3n) is 5.10. The highest BCUT2D eigenvalue weighted by Gasteiger charge is 2.46. The van der Waals surface area contributed by atoms with Gasteiger partial charge in [-0.25, -0.2) is 17.8 Å². The summed E-state index contributed by atoms with van der Waals surface area (Å²) in [4.78, 5) is 17.7. The zero-order chi connectivity index (χ0) is 24.1. The molecule has 1 aromatic heterocycles. The molecule has 1 aromatic carbocycles. The predicted octanol–water partition coefficient (Wildman–Crippen LogP) is 1.08. The summed E-state index contributed by atoms with van der Waals surface area (Å²) in [6, 6.07) is 5.51. The molecule has 3 heterocycles. The fourth-order valence-electron chi connectivity index (χ4n) is 3.56. The average Bonchev–Trinajstić information content (AvgIpc) is 3.39. The molecular formula is C20H20FN3O4S. The molecule has 1 amide bonds. The number of hydrogen-bond donors (Lipinski definition) is 1. The fraction of sp³-hybridized carbons (Fsp3) is 0.300. The molecular weight excluding hydrogens is 397 g/mol. The van der Waals surface area contributed by atoms with E-state index >= 15 is 4.39 Å². The third kappa shape index (κ3) is 3.35. The van der Waals surface area contributed by atoms with Crippen molar-refractivity contribution in [2.24, 2.45) is 0 Å². The predicted molar refractivity (Wildman–Crippen MR) is 103 cm³/mol. The molecule has 0 radical (unpaired) electrons. The van der Waals surface area contributed by atoms with Crippen LogP contribution in [0.4, 0.5) is 4.39 Å². The zero-order valence-corrected chi connectivity index (χ0v) is 16.0. The molecule has 0 fully saturated rings. The van der Waals surface area contributed by atoms with Gasteiger partial charge in [0, 0.05) is 37.9 Å². The number of aromatic nitrogens is 1. The number of benzene rings is 1. The fourth-order valence-corrected chi connectivity index (χ4v) is 4.80. The second kappa shape index (κ2) is 7.33. The second-order valence-electron chi connectivity index (χ2n) is 6.87. The van der Waals surface area contributed by atoms with Gasteiger partial charge >= 0.3 is 0 Å². The van der Waals surface area contributed by atoms with Gasteiger partial charge in [0.15, 0.2) is 5.03 Å². The summed E-state index contributed by atoms with van der Waals surface area (Å²) in [5.74, 6) is -0.918. The first-order valence-electron chi connectivity index (χ1n) is 10.8. The van der Waals surface area contributed by atoms with Crippen LogP contribution in [0.3, 0.4) is 0 Å². The number of alkyl halides is 1. The third-order valence-corrected chi connectivity index (χ3v) is 6.72. The number of pyridine rings is 1. The van der Waals surface area contributed by atoms with Crippen molar-refractivity contribution in [2.45, 2.75) is 10.7 Å². The van der Waals surface area contributed by atoms with E-state index in [0.29, 0.717) is 11.1 Å². The molecule has 2 aliphatic rings. The van der Waals surface area contributed by atoms with Crippen LogP contribution in [0.5, 0.6) is 0 Å². The standard InChI is InChI=1S/C20H20FN3O4S/c21-20(14-25,17-6-2-1-3-7-17)19(26)23-10-15-12-24(13-16(15)11-23)29(27,28)18-8-4-5-9-22-18/h1-9,25H,10-14H2/t20-/m0/s1/i4D,5D,8D,9D. The van der Waals surface area contributed by atoms with E-state index in [0.717, 1.165) is 4.31 Å². The van der Waals surface area contributed by atoms with Gasteiger partial charge in [0.05, 0.1) is 12.1 Å². The van der Waals surface area contributed by atoms with E-state index in [9.17, 15) is 18.3 Å². The maximum absolute atomic E-state index is 15.5. The van der Waals surface area contributed by atoms with E-state index in [4.69, 9.17) is 5.48 Å².